The topological polar surface area (TPSA) is 85.1 Å². The molecule has 0 spiro atoms. The minimum atomic E-state index is -0.298. The SMILES string of the molecule is O=C(NN=C(c1ccccc1)c1ccccc1)c1ccc(-n2cnnn2)cc1. The Hall–Kier alpha value is -4.13. The minimum absolute atomic E-state index is 0.298. The molecular weight excluding hydrogens is 352 g/mol. The van der Waals surface area contributed by atoms with Crippen molar-refractivity contribution in [2.45, 2.75) is 0 Å². The van der Waals surface area contributed by atoms with Gasteiger partial charge >= 0.3 is 0 Å². The number of nitrogens with one attached hydrogen (secondary N) is 1. The summed E-state index contributed by atoms with van der Waals surface area (Å²) in [6.45, 7) is 0. The maximum absolute atomic E-state index is 12.5. The molecule has 3 aromatic carbocycles. The zero-order valence-electron chi connectivity index (χ0n) is 14.8. The van der Waals surface area contributed by atoms with Crippen LogP contribution in [0.5, 0.6) is 0 Å². The third-order valence-corrected chi connectivity index (χ3v) is 4.11. The highest BCUT2D eigenvalue weighted by Crippen LogP contribution is 2.11. The van der Waals surface area contributed by atoms with Crippen LogP contribution in [0.4, 0.5) is 0 Å². The fraction of sp³-hybridized carbons (Fsp3) is 0. The van der Waals surface area contributed by atoms with Gasteiger partial charge in [-0.25, -0.2) is 10.1 Å². The number of nitrogens with zero attached hydrogens (tertiary/aromatic N) is 5. The summed E-state index contributed by atoms with van der Waals surface area (Å²) in [6, 6.07) is 26.4. The van der Waals surface area contributed by atoms with Crippen molar-refractivity contribution in [3.8, 4) is 5.69 Å². The van der Waals surface area contributed by atoms with Gasteiger partial charge in [-0.05, 0) is 34.7 Å². The van der Waals surface area contributed by atoms with Crippen LogP contribution in [0.3, 0.4) is 0 Å². The molecule has 4 aromatic rings. The molecule has 0 atom stereocenters. The Balaban J connectivity index is 1.57. The summed E-state index contributed by atoms with van der Waals surface area (Å²) < 4.78 is 1.52. The number of aromatic nitrogens is 4. The second-order valence-electron chi connectivity index (χ2n) is 5.93. The number of benzene rings is 3. The summed E-state index contributed by atoms with van der Waals surface area (Å²) in [6.07, 6.45) is 1.49. The molecule has 7 nitrogen and oxygen atoms in total. The quantitative estimate of drug-likeness (QED) is 0.434. The standard InChI is InChI=1S/C21H16N6O/c28-21(18-11-13-19(14-12-18)27-15-22-25-26-27)24-23-20(16-7-3-1-4-8-16)17-9-5-2-6-10-17/h1-15H,(H,24,28). The predicted octanol–water partition coefficient (Wildman–Crippen LogP) is 2.84. The Kier molecular flexibility index (Phi) is 4.97. The molecule has 0 aliphatic carbocycles. The molecule has 0 aliphatic heterocycles. The molecule has 136 valence electrons. The van der Waals surface area contributed by atoms with Gasteiger partial charge in [0.2, 0.25) is 0 Å². The summed E-state index contributed by atoms with van der Waals surface area (Å²) >= 11 is 0. The zero-order valence-corrected chi connectivity index (χ0v) is 14.8. The maximum Gasteiger partial charge on any atom is 0.271 e. The Labute approximate surface area is 161 Å². The lowest BCUT2D eigenvalue weighted by Gasteiger charge is -2.08. The van der Waals surface area contributed by atoms with E-state index < -0.39 is 0 Å². The van der Waals surface area contributed by atoms with E-state index >= 15 is 0 Å². The number of hydrogen-bond acceptors (Lipinski definition) is 5. The van der Waals surface area contributed by atoms with Crippen LogP contribution in [0.1, 0.15) is 21.5 Å². The number of tetrazole rings is 1. The van der Waals surface area contributed by atoms with Crippen molar-refractivity contribution < 1.29 is 4.79 Å². The third-order valence-electron chi connectivity index (χ3n) is 4.11. The number of hydrogen-bond donors (Lipinski definition) is 1. The molecule has 0 saturated carbocycles. The van der Waals surface area contributed by atoms with E-state index in [-0.39, 0.29) is 5.91 Å². The predicted molar refractivity (Wildman–Crippen MR) is 105 cm³/mol. The monoisotopic (exact) mass is 368 g/mol. The molecule has 0 aliphatic rings. The first-order valence-corrected chi connectivity index (χ1v) is 8.63. The van der Waals surface area contributed by atoms with Gasteiger partial charge in [-0.15, -0.1) is 5.10 Å². The second kappa shape index (κ2) is 8.05. The normalized spacial score (nSPS) is 10.3. The average molecular weight is 368 g/mol. The van der Waals surface area contributed by atoms with Crippen molar-refractivity contribution in [1.29, 1.82) is 0 Å². The molecular formula is C21H16N6O. The number of carbonyl (C=O) groups is 1. The van der Waals surface area contributed by atoms with Crippen LogP contribution in [0.2, 0.25) is 0 Å². The summed E-state index contributed by atoms with van der Waals surface area (Å²) in [5.74, 6) is -0.298. The highest BCUT2D eigenvalue weighted by molar-refractivity contribution is 6.13. The molecule has 1 heterocycles. The fourth-order valence-corrected chi connectivity index (χ4v) is 2.70. The largest absolute Gasteiger partial charge is 0.271 e. The van der Waals surface area contributed by atoms with E-state index in [1.807, 2.05) is 60.7 Å². The molecule has 1 aromatic heterocycles. The van der Waals surface area contributed by atoms with Crippen molar-refractivity contribution in [1.82, 2.24) is 25.6 Å². The van der Waals surface area contributed by atoms with E-state index in [2.05, 4.69) is 26.1 Å². The van der Waals surface area contributed by atoms with Crippen molar-refractivity contribution in [2.24, 2.45) is 5.10 Å². The molecule has 0 unspecified atom stereocenters. The van der Waals surface area contributed by atoms with Crippen molar-refractivity contribution in [3.05, 3.63) is 108 Å². The van der Waals surface area contributed by atoms with Crippen LogP contribution in [0.15, 0.2) is 96.4 Å². The van der Waals surface area contributed by atoms with Gasteiger partial charge in [-0.2, -0.15) is 5.10 Å². The zero-order chi connectivity index (χ0) is 19.2. The molecule has 7 heteroatoms. The average Bonchev–Trinajstić information content (AvgIpc) is 3.30. The Morgan fingerprint density at radius 3 is 1.93 bits per heavy atom. The summed E-state index contributed by atoms with van der Waals surface area (Å²) in [5.41, 5.74) is 6.44. The van der Waals surface area contributed by atoms with Crippen LogP contribution in [0.25, 0.3) is 5.69 Å². The first-order chi connectivity index (χ1) is 13.8. The Morgan fingerprint density at radius 2 is 1.39 bits per heavy atom. The number of hydrazone groups is 1. The maximum atomic E-state index is 12.5. The lowest BCUT2D eigenvalue weighted by Crippen LogP contribution is -2.20. The molecule has 1 amide bonds. The summed E-state index contributed by atoms with van der Waals surface area (Å²) in [7, 11) is 0. The Bertz CT molecular complexity index is 1030. The van der Waals surface area contributed by atoms with Crippen molar-refractivity contribution in [3.63, 3.8) is 0 Å². The minimum Gasteiger partial charge on any atom is -0.267 e. The van der Waals surface area contributed by atoms with E-state index in [0.29, 0.717) is 11.3 Å². The lowest BCUT2D eigenvalue weighted by atomic mass is 10.0. The molecule has 4 rings (SSSR count). The van der Waals surface area contributed by atoms with Gasteiger partial charge < -0.3 is 0 Å². The van der Waals surface area contributed by atoms with E-state index in [1.54, 1.807) is 24.3 Å². The fourth-order valence-electron chi connectivity index (χ4n) is 2.70. The second-order valence-corrected chi connectivity index (χ2v) is 5.93. The molecule has 0 saturated heterocycles. The number of rotatable bonds is 5. The highest BCUT2D eigenvalue weighted by atomic mass is 16.2. The van der Waals surface area contributed by atoms with Gasteiger partial charge in [-0.1, -0.05) is 60.7 Å². The van der Waals surface area contributed by atoms with Crippen LogP contribution < -0.4 is 5.43 Å². The molecule has 1 N–H and O–H groups in total. The van der Waals surface area contributed by atoms with Crippen LogP contribution in [-0.2, 0) is 0 Å². The van der Waals surface area contributed by atoms with E-state index in [9.17, 15) is 4.79 Å². The van der Waals surface area contributed by atoms with E-state index in [0.717, 1.165) is 16.8 Å². The number of carbonyl (C=O) groups excluding carboxylic acids is 1. The van der Waals surface area contributed by atoms with Crippen LogP contribution in [0, 0.1) is 0 Å². The highest BCUT2D eigenvalue weighted by Gasteiger charge is 2.09. The van der Waals surface area contributed by atoms with Crippen molar-refractivity contribution >= 4 is 11.6 Å². The third kappa shape index (κ3) is 3.83. The number of amides is 1. The smallest absolute Gasteiger partial charge is 0.267 e. The summed E-state index contributed by atoms with van der Waals surface area (Å²) in [4.78, 5) is 12.5. The van der Waals surface area contributed by atoms with Crippen LogP contribution in [-0.4, -0.2) is 31.8 Å². The van der Waals surface area contributed by atoms with Crippen molar-refractivity contribution in [2.75, 3.05) is 0 Å². The van der Waals surface area contributed by atoms with Gasteiger partial charge in [0.05, 0.1) is 11.4 Å². The summed E-state index contributed by atoms with van der Waals surface area (Å²) in [5, 5.41) is 15.4. The Morgan fingerprint density at radius 1 is 0.786 bits per heavy atom. The lowest BCUT2D eigenvalue weighted by molar-refractivity contribution is 0.0955. The van der Waals surface area contributed by atoms with E-state index in [4.69, 9.17) is 0 Å². The molecule has 0 fully saturated rings. The van der Waals surface area contributed by atoms with E-state index in [1.165, 1.54) is 11.0 Å². The van der Waals surface area contributed by atoms with Gasteiger partial charge in [-0.3, -0.25) is 4.79 Å². The molecule has 28 heavy (non-hydrogen) atoms. The van der Waals surface area contributed by atoms with Gasteiger partial charge in [0, 0.05) is 16.7 Å². The van der Waals surface area contributed by atoms with Gasteiger partial charge in [0.1, 0.15) is 6.33 Å². The first-order valence-electron chi connectivity index (χ1n) is 8.63. The molecule has 0 bridgehead atoms. The molecule has 0 radical (unpaired) electrons. The first kappa shape index (κ1) is 17.3. The van der Waals surface area contributed by atoms with Crippen LogP contribution >= 0.6 is 0 Å². The van der Waals surface area contributed by atoms with Gasteiger partial charge in [0.15, 0.2) is 0 Å². The van der Waals surface area contributed by atoms with Gasteiger partial charge in [0.25, 0.3) is 5.91 Å².